The first-order chi connectivity index (χ1) is 10.1. The van der Waals surface area contributed by atoms with Gasteiger partial charge in [0.1, 0.15) is 0 Å². The van der Waals surface area contributed by atoms with E-state index in [1.54, 1.807) is 0 Å². The predicted molar refractivity (Wildman–Crippen MR) is 85.0 cm³/mol. The number of aliphatic hydroxyl groups excluding tert-OH is 1. The maximum absolute atomic E-state index is 11.9. The highest BCUT2D eigenvalue weighted by Gasteiger charge is 2.13. The first kappa shape index (κ1) is 15.6. The molecule has 114 valence electrons. The van der Waals surface area contributed by atoms with E-state index in [-0.39, 0.29) is 11.8 Å². The minimum Gasteiger partial charge on any atom is -0.391 e. The van der Waals surface area contributed by atoms with Crippen LogP contribution >= 0.6 is 0 Å². The predicted octanol–water partition coefficient (Wildman–Crippen LogP) is 2.55. The molecule has 1 aromatic carbocycles. The van der Waals surface area contributed by atoms with Crippen molar-refractivity contribution in [3.8, 4) is 0 Å². The number of amides is 1. The molecule has 2 aromatic rings. The van der Waals surface area contributed by atoms with Crippen molar-refractivity contribution in [2.75, 3.05) is 6.54 Å². The Morgan fingerprint density at radius 2 is 2.10 bits per heavy atom. The Hall–Kier alpha value is -1.81. The van der Waals surface area contributed by atoms with E-state index in [0.717, 1.165) is 11.9 Å². The lowest BCUT2D eigenvalue weighted by Gasteiger charge is -2.17. The number of nitrogens with zero attached hydrogens (tertiary/aromatic N) is 1. The number of hydrogen-bond acceptors (Lipinski definition) is 2. The molecule has 0 aliphatic heterocycles. The average Bonchev–Trinajstić information content (AvgIpc) is 2.93. The van der Waals surface area contributed by atoms with Gasteiger partial charge in [0.05, 0.1) is 6.10 Å². The topological polar surface area (TPSA) is 54.3 Å². The third kappa shape index (κ3) is 4.08. The van der Waals surface area contributed by atoms with Crippen molar-refractivity contribution >= 4 is 16.8 Å². The highest BCUT2D eigenvalue weighted by molar-refractivity contribution is 5.80. The summed E-state index contributed by atoms with van der Waals surface area (Å²) >= 11 is 0. The smallest absolute Gasteiger partial charge is 0.221 e. The summed E-state index contributed by atoms with van der Waals surface area (Å²) < 4.78 is 2.08. The molecular formula is C17H24N2O2. The number of hydrogen-bond donors (Lipinski definition) is 2. The summed E-state index contributed by atoms with van der Waals surface area (Å²) in [6.45, 7) is 5.01. The summed E-state index contributed by atoms with van der Waals surface area (Å²) in [5.41, 5.74) is 1.14. The van der Waals surface area contributed by atoms with Crippen LogP contribution in [0.3, 0.4) is 0 Å². The Bertz CT molecular complexity index is 591. The van der Waals surface area contributed by atoms with Crippen molar-refractivity contribution in [2.45, 2.75) is 39.3 Å². The monoisotopic (exact) mass is 288 g/mol. The second-order valence-corrected chi connectivity index (χ2v) is 5.57. The Kier molecular flexibility index (Phi) is 5.39. The lowest BCUT2D eigenvalue weighted by atomic mass is 10.0. The number of benzene rings is 1. The fourth-order valence-corrected chi connectivity index (χ4v) is 2.34. The maximum Gasteiger partial charge on any atom is 0.221 e. The number of aromatic nitrogens is 1. The van der Waals surface area contributed by atoms with Gasteiger partial charge < -0.3 is 15.0 Å². The fourth-order valence-electron chi connectivity index (χ4n) is 2.34. The molecule has 0 aliphatic rings. The van der Waals surface area contributed by atoms with Crippen LogP contribution in [0.1, 0.15) is 26.7 Å². The molecule has 21 heavy (non-hydrogen) atoms. The third-order valence-corrected chi connectivity index (χ3v) is 4.07. The normalized spacial score (nSPS) is 14.0. The van der Waals surface area contributed by atoms with E-state index in [1.165, 1.54) is 5.39 Å². The van der Waals surface area contributed by atoms with Crippen LogP contribution in [-0.2, 0) is 11.3 Å². The molecule has 2 rings (SSSR count). The summed E-state index contributed by atoms with van der Waals surface area (Å²) in [5.74, 6) is 0.189. The molecule has 4 heteroatoms. The van der Waals surface area contributed by atoms with Gasteiger partial charge in [-0.3, -0.25) is 4.79 Å². The number of para-hydroxylation sites is 1. The van der Waals surface area contributed by atoms with E-state index < -0.39 is 6.10 Å². The molecule has 2 unspecified atom stereocenters. The largest absolute Gasteiger partial charge is 0.391 e. The molecule has 1 aromatic heterocycles. The van der Waals surface area contributed by atoms with Crippen molar-refractivity contribution in [1.29, 1.82) is 0 Å². The van der Waals surface area contributed by atoms with Gasteiger partial charge >= 0.3 is 0 Å². The van der Waals surface area contributed by atoms with E-state index in [0.29, 0.717) is 19.5 Å². The Morgan fingerprint density at radius 1 is 1.33 bits per heavy atom. The number of carbonyl (C=O) groups is 1. The van der Waals surface area contributed by atoms with E-state index in [4.69, 9.17) is 0 Å². The summed E-state index contributed by atoms with van der Waals surface area (Å²) in [4.78, 5) is 11.9. The van der Waals surface area contributed by atoms with Crippen molar-refractivity contribution in [3.05, 3.63) is 36.5 Å². The maximum atomic E-state index is 11.9. The number of fused-ring (bicyclic) bond motifs is 1. The number of carbonyl (C=O) groups excluding carboxylic acids is 1. The van der Waals surface area contributed by atoms with Crippen LogP contribution in [0, 0.1) is 5.92 Å². The molecule has 2 atom stereocenters. The molecule has 1 amide bonds. The van der Waals surface area contributed by atoms with Gasteiger partial charge in [0, 0.05) is 31.2 Å². The molecule has 0 spiro atoms. The molecule has 0 fully saturated rings. The number of aryl methyl sites for hydroxylation is 1. The van der Waals surface area contributed by atoms with Crippen LogP contribution in [0.4, 0.5) is 0 Å². The summed E-state index contributed by atoms with van der Waals surface area (Å²) in [6, 6.07) is 10.2. The van der Waals surface area contributed by atoms with Gasteiger partial charge in [0.2, 0.25) is 5.91 Å². The fraction of sp³-hybridized carbons (Fsp3) is 0.471. The highest BCUT2D eigenvalue weighted by atomic mass is 16.3. The van der Waals surface area contributed by atoms with Gasteiger partial charge in [-0.05, 0) is 23.4 Å². The molecule has 0 saturated heterocycles. The zero-order chi connectivity index (χ0) is 15.2. The summed E-state index contributed by atoms with van der Waals surface area (Å²) in [6.07, 6.45) is 2.87. The molecule has 0 radical (unpaired) electrons. The molecule has 0 saturated carbocycles. The second kappa shape index (κ2) is 7.27. The zero-order valence-corrected chi connectivity index (χ0v) is 12.7. The standard InChI is InChI=1S/C17H24N2O2/c1-3-13(2)16(20)12-18-17(21)9-11-19-10-8-14-6-4-5-7-15(14)19/h4-8,10,13,16,20H,3,9,11-12H2,1-2H3,(H,18,21). The number of aliphatic hydroxyl groups is 1. The van der Waals surface area contributed by atoms with Crippen molar-refractivity contribution in [1.82, 2.24) is 9.88 Å². The van der Waals surface area contributed by atoms with Crippen LogP contribution in [0.25, 0.3) is 10.9 Å². The van der Waals surface area contributed by atoms with E-state index in [9.17, 15) is 9.90 Å². The molecule has 0 bridgehead atoms. The first-order valence-electron chi connectivity index (χ1n) is 7.60. The van der Waals surface area contributed by atoms with Crippen molar-refractivity contribution in [2.24, 2.45) is 5.92 Å². The van der Waals surface area contributed by atoms with Gasteiger partial charge in [-0.25, -0.2) is 0 Å². The van der Waals surface area contributed by atoms with Crippen molar-refractivity contribution in [3.63, 3.8) is 0 Å². The average molecular weight is 288 g/mol. The van der Waals surface area contributed by atoms with Gasteiger partial charge in [-0.1, -0.05) is 38.5 Å². The molecular weight excluding hydrogens is 264 g/mol. The van der Waals surface area contributed by atoms with Gasteiger partial charge in [0.15, 0.2) is 0 Å². The minimum atomic E-state index is -0.466. The van der Waals surface area contributed by atoms with Crippen LogP contribution in [0.15, 0.2) is 36.5 Å². The lowest BCUT2D eigenvalue weighted by molar-refractivity contribution is -0.121. The van der Waals surface area contributed by atoms with E-state index >= 15 is 0 Å². The van der Waals surface area contributed by atoms with Crippen LogP contribution in [0.5, 0.6) is 0 Å². The molecule has 4 nitrogen and oxygen atoms in total. The number of nitrogens with one attached hydrogen (secondary N) is 1. The SMILES string of the molecule is CCC(C)C(O)CNC(=O)CCn1ccc2ccccc21. The van der Waals surface area contributed by atoms with Gasteiger partial charge in [0.25, 0.3) is 0 Å². The van der Waals surface area contributed by atoms with Crippen LogP contribution in [0.2, 0.25) is 0 Å². The Labute approximate surface area is 125 Å². The third-order valence-electron chi connectivity index (χ3n) is 4.07. The highest BCUT2D eigenvalue weighted by Crippen LogP contribution is 2.15. The van der Waals surface area contributed by atoms with Crippen LogP contribution in [-0.4, -0.2) is 28.2 Å². The van der Waals surface area contributed by atoms with E-state index in [2.05, 4.69) is 28.1 Å². The zero-order valence-electron chi connectivity index (χ0n) is 12.7. The van der Waals surface area contributed by atoms with Gasteiger partial charge in [-0.2, -0.15) is 0 Å². The minimum absolute atomic E-state index is 0.0184. The second-order valence-electron chi connectivity index (χ2n) is 5.57. The van der Waals surface area contributed by atoms with Gasteiger partial charge in [-0.15, -0.1) is 0 Å². The Balaban J connectivity index is 1.81. The Morgan fingerprint density at radius 3 is 2.86 bits per heavy atom. The molecule has 0 aliphatic carbocycles. The lowest BCUT2D eigenvalue weighted by Crippen LogP contribution is -2.35. The quantitative estimate of drug-likeness (QED) is 0.822. The van der Waals surface area contributed by atoms with Crippen LogP contribution < -0.4 is 5.32 Å². The van der Waals surface area contributed by atoms with E-state index in [1.807, 2.05) is 32.2 Å². The summed E-state index contributed by atoms with van der Waals surface area (Å²) in [5, 5.41) is 13.8. The van der Waals surface area contributed by atoms with Crippen molar-refractivity contribution < 1.29 is 9.90 Å². The molecule has 2 N–H and O–H groups in total. The first-order valence-corrected chi connectivity index (χ1v) is 7.60. The molecule has 1 heterocycles. The number of rotatable bonds is 7. The summed E-state index contributed by atoms with van der Waals surface area (Å²) in [7, 11) is 0.